The zero-order valence-electron chi connectivity index (χ0n) is 12.7. The summed E-state index contributed by atoms with van der Waals surface area (Å²) in [7, 11) is 1.80. The molecule has 120 valence electrons. The van der Waals surface area contributed by atoms with E-state index in [9.17, 15) is 0 Å². The third-order valence-electron chi connectivity index (χ3n) is 3.46. The Kier molecular flexibility index (Phi) is 3.91. The first-order valence-electron chi connectivity index (χ1n) is 7.16. The monoisotopic (exact) mass is 357 g/mol. The number of pyridine rings is 1. The van der Waals surface area contributed by atoms with Crippen LogP contribution in [0.4, 0.5) is 0 Å². The lowest BCUT2D eigenvalue weighted by Crippen LogP contribution is -2.05. The number of tetrazole rings is 1. The van der Waals surface area contributed by atoms with Crippen molar-refractivity contribution in [2.45, 2.75) is 10.9 Å². The highest BCUT2D eigenvalue weighted by atomic mass is 35.5. The Morgan fingerprint density at radius 3 is 2.88 bits per heavy atom. The van der Waals surface area contributed by atoms with Crippen LogP contribution in [-0.2, 0) is 12.8 Å². The second-order valence-electron chi connectivity index (χ2n) is 5.08. The Labute approximate surface area is 146 Å². The summed E-state index contributed by atoms with van der Waals surface area (Å²) in [5.41, 5.74) is 2.74. The number of para-hydroxylation sites is 2. The molecule has 3 aromatic heterocycles. The summed E-state index contributed by atoms with van der Waals surface area (Å²) in [6.07, 6.45) is 1.70. The van der Waals surface area contributed by atoms with Gasteiger partial charge in [-0.3, -0.25) is 9.55 Å². The fourth-order valence-corrected chi connectivity index (χ4v) is 3.46. The summed E-state index contributed by atoms with van der Waals surface area (Å²) < 4.78 is 3.57. The molecule has 0 aliphatic carbocycles. The molecule has 0 aliphatic heterocycles. The molecule has 0 aliphatic rings. The van der Waals surface area contributed by atoms with Crippen LogP contribution in [0.25, 0.3) is 17.0 Å². The molecule has 0 atom stereocenters. The normalized spacial score (nSPS) is 11.2. The molecule has 3 heterocycles. The zero-order valence-corrected chi connectivity index (χ0v) is 14.2. The maximum atomic E-state index is 6.02. The lowest BCUT2D eigenvalue weighted by atomic mass is 10.3. The van der Waals surface area contributed by atoms with Gasteiger partial charge >= 0.3 is 0 Å². The van der Waals surface area contributed by atoms with Crippen LogP contribution in [0.1, 0.15) is 5.69 Å². The average molecular weight is 358 g/mol. The maximum absolute atomic E-state index is 6.02. The van der Waals surface area contributed by atoms with Crippen molar-refractivity contribution in [2.75, 3.05) is 0 Å². The SMILES string of the molecule is Cn1nnnc1-n1c(SCc2cc(Cl)ccn2)nc2ccccc21. The Morgan fingerprint density at radius 2 is 2.08 bits per heavy atom. The second-order valence-corrected chi connectivity index (χ2v) is 6.45. The van der Waals surface area contributed by atoms with Gasteiger partial charge in [0.05, 0.1) is 16.7 Å². The molecule has 0 spiro atoms. The van der Waals surface area contributed by atoms with Crippen LogP contribution in [0.3, 0.4) is 0 Å². The van der Waals surface area contributed by atoms with Gasteiger partial charge in [0.25, 0.3) is 5.95 Å². The topological polar surface area (TPSA) is 74.3 Å². The Bertz CT molecular complexity index is 1010. The number of hydrogen-bond donors (Lipinski definition) is 0. The fraction of sp³-hybridized carbons (Fsp3) is 0.133. The van der Waals surface area contributed by atoms with Gasteiger partial charge in [-0.1, -0.05) is 40.6 Å². The first kappa shape index (κ1) is 15.1. The van der Waals surface area contributed by atoms with E-state index in [1.54, 1.807) is 35.8 Å². The first-order chi connectivity index (χ1) is 11.7. The number of rotatable bonds is 4. The summed E-state index contributed by atoms with van der Waals surface area (Å²) in [5.74, 6) is 1.26. The molecule has 9 heteroatoms. The predicted octanol–water partition coefficient (Wildman–Crippen LogP) is 2.89. The molecule has 24 heavy (non-hydrogen) atoms. The zero-order chi connectivity index (χ0) is 16.5. The minimum absolute atomic E-state index is 0.616. The fourth-order valence-electron chi connectivity index (χ4n) is 2.37. The first-order valence-corrected chi connectivity index (χ1v) is 8.52. The van der Waals surface area contributed by atoms with Gasteiger partial charge in [-0.2, -0.15) is 0 Å². The minimum atomic E-state index is 0.616. The number of hydrogen-bond acceptors (Lipinski definition) is 6. The smallest absolute Gasteiger partial charge is 0.256 e. The van der Waals surface area contributed by atoms with Gasteiger partial charge in [-0.05, 0) is 34.7 Å². The van der Waals surface area contributed by atoms with Gasteiger partial charge in [-0.25, -0.2) is 9.67 Å². The van der Waals surface area contributed by atoms with Gasteiger partial charge in [0, 0.05) is 24.0 Å². The van der Waals surface area contributed by atoms with E-state index >= 15 is 0 Å². The van der Waals surface area contributed by atoms with Crippen molar-refractivity contribution in [3.63, 3.8) is 0 Å². The molecular formula is C15H12ClN7S. The van der Waals surface area contributed by atoms with Gasteiger partial charge in [0.1, 0.15) is 0 Å². The van der Waals surface area contributed by atoms with Gasteiger partial charge in [0.15, 0.2) is 5.16 Å². The van der Waals surface area contributed by atoms with Crippen molar-refractivity contribution >= 4 is 34.4 Å². The standard InChI is InChI=1S/C15H12ClN7S/c1-22-14(19-20-21-22)23-13-5-3-2-4-12(13)18-15(23)24-9-11-8-10(16)6-7-17-11/h2-8H,9H2,1H3. The van der Waals surface area contributed by atoms with Crippen LogP contribution in [0.5, 0.6) is 0 Å². The molecule has 7 nitrogen and oxygen atoms in total. The van der Waals surface area contributed by atoms with E-state index in [1.165, 1.54) is 0 Å². The van der Waals surface area contributed by atoms with E-state index in [0.29, 0.717) is 16.7 Å². The van der Waals surface area contributed by atoms with Crippen molar-refractivity contribution in [2.24, 2.45) is 7.05 Å². The van der Waals surface area contributed by atoms with Crippen molar-refractivity contribution < 1.29 is 0 Å². The van der Waals surface area contributed by atoms with Gasteiger partial charge in [0.2, 0.25) is 0 Å². The van der Waals surface area contributed by atoms with E-state index < -0.39 is 0 Å². The highest BCUT2D eigenvalue weighted by Gasteiger charge is 2.17. The second kappa shape index (κ2) is 6.21. The molecule has 0 N–H and O–H groups in total. The number of imidazole rings is 1. The third-order valence-corrected chi connectivity index (χ3v) is 4.66. The van der Waals surface area contributed by atoms with Crippen molar-refractivity contribution in [1.29, 1.82) is 0 Å². The molecule has 1 aromatic carbocycles. The van der Waals surface area contributed by atoms with Crippen LogP contribution < -0.4 is 0 Å². The van der Waals surface area contributed by atoms with Gasteiger partial charge in [-0.15, -0.1) is 0 Å². The van der Waals surface area contributed by atoms with E-state index in [-0.39, 0.29) is 0 Å². The van der Waals surface area contributed by atoms with Crippen LogP contribution >= 0.6 is 23.4 Å². The van der Waals surface area contributed by atoms with E-state index in [1.807, 2.05) is 34.9 Å². The summed E-state index contributed by atoms with van der Waals surface area (Å²) in [6, 6.07) is 11.5. The Morgan fingerprint density at radius 1 is 1.21 bits per heavy atom. The van der Waals surface area contributed by atoms with E-state index in [4.69, 9.17) is 16.6 Å². The van der Waals surface area contributed by atoms with Crippen LogP contribution in [-0.4, -0.2) is 34.7 Å². The largest absolute Gasteiger partial charge is 0.260 e. The summed E-state index contributed by atoms with van der Waals surface area (Å²) in [5, 5.41) is 13.2. The number of benzene rings is 1. The molecule has 0 bridgehead atoms. The quantitative estimate of drug-likeness (QED) is 0.523. The lowest BCUT2D eigenvalue weighted by molar-refractivity contribution is 0.682. The Hall–Kier alpha value is -2.45. The van der Waals surface area contributed by atoms with Crippen LogP contribution in [0, 0.1) is 0 Å². The number of nitrogens with zero attached hydrogens (tertiary/aromatic N) is 7. The molecule has 0 saturated carbocycles. The Balaban J connectivity index is 1.76. The van der Waals surface area contributed by atoms with Crippen LogP contribution in [0.2, 0.25) is 5.02 Å². The number of thioether (sulfide) groups is 1. The maximum Gasteiger partial charge on any atom is 0.256 e. The molecule has 0 unspecified atom stereocenters. The number of halogens is 1. The molecule has 4 aromatic rings. The number of aromatic nitrogens is 7. The van der Waals surface area contributed by atoms with E-state index in [0.717, 1.165) is 21.9 Å². The molecule has 4 rings (SSSR count). The highest BCUT2D eigenvalue weighted by Crippen LogP contribution is 2.28. The van der Waals surface area contributed by atoms with E-state index in [2.05, 4.69) is 20.5 Å². The summed E-state index contributed by atoms with van der Waals surface area (Å²) in [6.45, 7) is 0. The summed E-state index contributed by atoms with van der Waals surface area (Å²) in [4.78, 5) is 9.03. The van der Waals surface area contributed by atoms with Crippen molar-refractivity contribution in [1.82, 2.24) is 34.7 Å². The molecular weight excluding hydrogens is 346 g/mol. The highest BCUT2D eigenvalue weighted by molar-refractivity contribution is 7.98. The molecule has 0 fully saturated rings. The number of fused-ring (bicyclic) bond motifs is 1. The molecule has 0 radical (unpaired) electrons. The van der Waals surface area contributed by atoms with Crippen LogP contribution in [0.15, 0.2) is 47.8 Å². The summed E-state index contributed by atoms with van der Waals surface area (Å²) >= 11 is 7.59. The van der Waals surface area contributed by atoms with Crippen molar-refractivity contribution in [3.05, 3.63) is 53.3 Å². The minimum Gasteiger partial charge on any atom is -0.260 e. The number of aryl methyl sites for hydroxylation is 1. The molecule has 0 amide bonds. The third kappa shape index (κ3) is 2.74. The van der Waals surface area contributed by atoms with Gasteiger partial charge < -0.3 is 0 Å². The average Bonchev–Trinajstić information content (AvgIpc) is 3.15. The predicted molar refractivity (Wildman–Crippen MR) is 92.2 cm³/mol. The molecule has 0 saturated heterocycles. The van der Waals surface area contributed by atoms with Crippen molar-refractivity contribution in [3.8, 4) is 5.95 Å². The lowest BCUT2D eigenvalue weighted by Gasteiger charge is -2.06.